The van der Waals surface area contributed by atoms with E-state index in [2.05, 4.69) is 17.4 Å². The predicted octanol–water partition coefficient (Wildman–Crippen LogP) is 2.01. The number of carboxylic acid groups (broad SMARTS) is 1. The summed E-state index contributed by atoms with van der Waals surface area (Å²) in [5.41, 5.74) is 0.00595. The van der Waals surface area contributed by atoms with Crippen molar-refractivity contribution in [2.45, 2.75) is 38.1 Å². The molecular weight excluding hydrogens is 282 g/mol. The maximum Gasteiger partial charge on any atom is 0.331 e. The molecule has 5 nitrogen and oxygen atoms in total. The van der Waals surface area contributed by atoms with Gasteiger partial charge in [0.15, 0.2) is 5.54 Å². The summed E-state index contributed by atoms with van der Waals surface area (Å²) in [6.45, 7) is 2.26. The molecule has 0 spiro atoms. The first-order valence-electron chi connectivity index (χ1n) is 7.70. The van der Waals surface area contributed by atoms with Gasteiger partial charge in [-0.3, -0.25) is 4.79 Å². The Kier molecular flexibility index (Phi) is 5.55. The first kappa shape index (κ1) is 16.5. The van der Waals surface area contributed by atoms with Gasteiger partial charge >= 0.3 is 5.97 Å². The summed E-state index contributed by atoms with van der Waals surface area (Å²) in [4.78, 5) is 23.6. The molecule has 22 heavy (non-hydrogen) atoms. The Morgan fingerprint density at radius 3 is 2.68 bits per heavy atom. The van der Waals surface area contributed by atoms with Crippen LogP contribution in [0, 0.1) is 5.92 Å². The van der Waals surface area contributed by atoms with Crippen LogP contribution in [0.25, 0.3) is 0 Å². The Labute approximate surface area is 130 Å². The fourth-order valence-corrected chi connectivity index (χ4v) is 2.63. The van der Waals surface area contributed by atoms with Crippen molar-refractivity contribution in [3.8, 4) is 0 Å². The number of carboxylic acids is 1. The molecule has 1 aliphatic rings. The number of carbonyl (C=O) groups excluding carboxylic acids is 1. The van der Waals surface area contributed by atoms with Crippen molar-refractivity contribution in [1.29, 1.82) is 0 Å². The Morgan fingerprint density at radius 1 is 1.36 bits per heavy atom. The zero-order chi connectivity index (χ0) is 16.0. The van der Waals surface area contributed by atoms with Gasteiger partial charge in [0.1, 0.15) is 0 Å². The minimum Gasteiger partial charge on any atom is -0.479 e. The largest absolute Gasteiger partial charge is 0.479 e. The summed E-state index contributed by atoms with van der Waals surface area (Å²) in [6, 6.07) is 10.1. The lowest BCUT2D eigenvalue weighted by molar-refractivity contribution is -0.148. The van der Waals surface area contributed by atoms with Gasteiger partial charge in [-0.2, -0.15) is 0 Å². The van der Waals surface area contributed by atoms with E-state index in [9.17, 15) is 14.7 Å². The second-order valence-electron chi connectivity index (χ2n) is 5.96. The summed E-state index contributed by atoms with van der Waals surface area (Å²) < 4.78 is 5.15. The number of aryl methyl sites for hydroxylation is 1. The second-order valence-corrected chi connectivity index (χ2v) is 5.96. The van der Waals surface area contributed by atoms with E-state index in [0.717, 1.165) is 19.3 Å². The van der Waals surface area contributed by atoms with Crippen molar-refractivity contribution in [2.24, 2.45) is 5.92 Å². The van der Waals surface area contributed by atoms with Crippen molar-refractivity contribution in [1.82, 2.24) is 5.32 Å². The van der Waals surface area contributed by atoms with Gasteiger partial charge in [-0.05, 0) is 24.8 Å². The lowest BCUT2D eigenvalue weighted by atomic mass is 9.95. The number of aliphatic carboxylic acids is 1. The highest BCUT2D eigenvalue weighted by molar-refractivity contribution is 5.88. The van der Waals surface area contributed by atoms with E-state index in [1.165, 1.54) is 5.56 Å². The maximum absolute atomic E-state index is 12.2. The number of ether oxygens (including phenoxy) is 1. The van der Waals surface area contributed by atoms with E-state index in [1.807, 2.05) is 25.1 Å². The SMILES string of the molecule is CC(CCCc1ccccc1)C(=O)NC1(C(=O)O)CCOC1. The van der Waals surface area contributed by atoms with Crippen molar-refractivity contribution < 1.29 is 19.4 Å². The van der Waals surface area contributed by atoms with E-state index in [4.69, 9.17) is 4.74 Å². The van der Waals surface area contributed by atoms with E-state index in [-0.39, 0.29) is 18.4 Å². The van der Waals surface area contributed by atoms with Gasteiger partial charge in [-0.25, -0.2) is 4.79 Å². The van der Waals surface area contributed by atoms with Crippen molar-refractivity contribution in [3.05, 3.63) is 35.9 Å². The van der Waals surface area contributed by atoms with Crippen molar-refractivity contribution >= 4 is 11.9 Å². The number of rotatable bonds is 7. The van der Waals surface area contributed by atoms with Gasteiger partial charge < -0.3 is 15.2 Å². The molecule has 0 saturated carbocycles. The van der Waals surface area contributed by atoms with Crippen LogP contribution in [0.15, 0.2) is 30.3 Å². The lowest BCUT2D eigenvalue weighted by Gasteiger charge is -2.25. The Morgan fingerprint density at radius 2 is 2.09 bits per heavy atom. The summed E-state index contributed by atoms with van der Waals surface area (Å²) in [7, 11) is 0. The molecule has 120 valence electrons. The number of carbonyl (C=O) groups is 2. The van der Waals surface area contributed by atoms with Gasteiger partial charge in [-0.15, -0.1) is 0 Å². The highest BCUT2D eigenvalue weighted by atomic mass is 16.5. The van der Waals surface area contributed by atoms with Crippen LogP contribution in [0.1, 0.15) is 31.7 Å². The molecule has 5 heteroatoms. The van der Waals surface area contributed by atoms with Crippen LogP contribution < -0.4 is 5.32 Å². The molecule has 1 aromatic rings. The lowest BCUT2D eigenvalue weighted by Crippen LogP contribution is -2.56. The first-order chi connectivity index (χ1) is 10.5. The van der Waals surface area contributed by atoms with Crippen LogP contribution in [-0.4, -0.2) is 35.7 Å². The topological polar surface area (TPSA) is 75.6 Å². The summed E-state index contributed by atoms with van der Waals surface area (Å²) in [6.07, 6.45) is 2.88. The second kappa shape index (κ2) is 7.40. The fraction of sp³-hybridized carbons (Fsp3) is 0.529. The summed E-state index contributed by atoms with van der Waals surface area (Å²) in [5, 5.41) is 12.0. The molecule has 1 fully saturated rings. The van der Waals surface area contributed by atoms with Crippen LogP contribution >= 0.6 is 0 Å². The molecule has 0 bridgehead atoms. The van der Waals surface area contributed by atoms with Crippen molar-refractivity contribution in [2.75, 3.05) is 13.2 Å². The van der Waals surface area contributed by atoms with Gasteiger partial charge in [0, 0.05) is 18.9 Å². The molecule has 2 rings (SSSR count). The summed E-state index contributed by atoms with van der Waals surface area (Å²) >= 11 is 0. The molecule has 0 aromatic heterocycles. The Balaban J connectivity index is 1.80. The third-order valence-electron chi connectivity index (χ3n) is 4.19. The molecule has 2 N–H and O–H groups in total. The molecule has 1 saturated heterocycles. The average molecular weight is 305 g/mol. The number of hydrogen-bond donors (Lipinski definition) is 2. The third kappa shape index (κ3) is 4.07. The fourth-order valence-electron chi connectivity index (χ4n) is 2.63. The number of amides is 1. The van der Waals surface area contributed by atoms with Gasteiger partial charge in [-0.1, -0.05) is 37.3 Å². The zero-order valence-corrected chi connectivity index (χ0v) is 12.9. The van der Waals surface area contributed by atoms with Gasteiger partial charge in [0.05, 0.1) is 6.61 Å². The molecule has 1 aromatic carbocycles. The van der Waals surface area contributed by atoms with Crippen molar-refractivity contribution in [3.63, 3.8) is 0 Å². The number of nitrogens with one attached hydrogen (secondary N) is 1. The van der Waals surface area contributed by atoms with Crippen LogP contribution in [0.5, 0.6) is 0 Å². The highest BCUT2D eigenvalue weighted by Crippen LogP contribution is 2.20. The Bertz CT molecular complexity index is 509. The predicted molar refractivity (Wildman–Crippen MR) is 82.5 cm³/mol. The zero-order valence-electron chi connectivity index (χ0n) is 12.9. The van der Waals surface area contributed by atoms with Gasteiger partial charge in [0.25, 0.3) is 0 Å². The monoisotopic (exact) mass is 305 g/mol. The van der Waals surface area contributed by atoms with Crippen LogP contribution in [0.4, 0.5) is 0 Å². The quantitative estimate of drug-likeness (QED) is 0.808. The molecule has 1 heterocycles. The minimum absolute atomic E-state index is 0.0464. The minimum atomic E-state index is -1.25. The third-order valence-corrected chi connectivity index (χ3v) is 4.19. The molecular formula is C17H23NO4. The molecule has 0 aliphatic carbocycles. The highest BCUT2D eigenvalue weighted by Gasteiger charge is 2.44. The molecule has 0 radical (unpaired) electrons. The van der Waals surface area contributed by atoms with Crippen LogP contribution in [-0.2, 0) is 20.7 Å². The average Bonchev–Trinajstić information content (AvgIpc) is 2.98. The van der Waals surface area contributed by atoms with E-state index < -0.39 is 11.5 Å². The number of benzene rings is 1. The Hall–Kier alpha value is -1.88. The van der Waals surface area contributed by atoms with Crippen LogP contribution in [0.3, 0.4) is 0 Å². The summed E-state index contributed by atoms with van der Waals surface area (Å²) in [5.74, 6) is -1.43. The molecule has 2 unspecified atom stereocenters. The standard InChI is InChI=1S/C17H23NO4/c1-13(6-5-9-14-7-3-2-4-8-14)15(19)18-17(16(20)21)10-11-22-12-17/h2-4,7-8,13H,5-6,9-12H2,1H3,(H,18,19)(H,20,21). The smallest absolute Gasteiger partial charge is 0.331 e. The molecule has 1 aliphatic heterocycles. The van der Waals surface area contributed by atoms with E-state index >= 15 is 0 Å². The number of hydrogen-bond acceptors (Lipinski definition) is 3. The molecule has 2 atom stereocenters. The van der Waals surface area contributed by atoms with Crippen LogP contribution in [0.2, 0.25) is 0 Å². The maximum atomic E-state index is 12.2. The van der Waals surface area contributed by atoms with Gasteiger partial charge in [0.2, 0.25) is 5.91 Å². The molecule has 1 amide bonds. The first-order valence-corrected chi connectivity index (χ1v) is 7.70. The van der Waals surface area contributed by atoms with E-state index in [0.29, 0.717) is 13.0 Å². The van der Waals surface area contributed by atoms with E-state index in [1.54, 1.807) is 0 Å². The normalized spacial score (nSPS) is 22.2.